The third-order valence-corrected chi connectivity index (χ3v) is 17.6. The first-order valence-electron chi connectivity index (χ1n) is 21.7. The van der Waals surface area contributed by atoms with E-state index in [1.165, 1.54) is 12.7 Å². The lowest BCUT2D eigenvalue weighted by molar-refractivity contribution is -0.358. The summed E-state index contributed by atoms with van der Waals surface area (Å²) in [6, 6.07) is 0. The first-order valence-corrected chi connectivity index (χ1v) is 21.7. The van der Waals surface area contributed by atoms with Crippen molar-refractivity contribution in [3.05, 3.63) is 11.6 Å². The van der Waals surface area contributed by atoms with E-state index in [1.807, 2.05) is 0 Å². The molecule has 0 radical (unpaired) electrons. The molecule has 20 atom stereocenters. The van der Waals surface area contributed by atoms with Crippen molar-refractivity contribution in [1.29, 1.82) is 0 Å². The number of rotatable bonds is 9. The van der Waals surface area contributed by atoms with Gasteiger partial charge in [-0.1, -0.05) is 46.3 Å². The van der Waals surface area contributed by atoms with E-state index >= 15 is 0 Å². The standard InChI is InChI=1S/C43H70O17/c1-38(2)11-12-43(37(55)56-6)21(13-38)20-7-8-25-39(3)14-22(47)34(42(18-45,19-46)26(39)9-10-40(25,4)41(20,5)15-27(43)48)60-36-33(54)31(52)29(50)24(59-36)17-57-35-32(53)30(51)28(49)23(16-44)58-35/h7,21-36,44-54H,8-19H2,1-6H3/t21-,22-,23+,24+,25+,26-,27-,28+,29+,30+,31+,32+,33+,34-,35+,36-,39+,40+,41+,43+/m0/s1. The highest BCUT2D eigenvalue weighted by Crippen LogP contribution is 2.76. The summed E-state index contributed by atoms with van der Waals surface area (Å²) in [7, 11) is 1.39. The molecule has 17 nitrogen and oxygen atoms in total. The van der Waals surface area contributed by atoms with Gasteiger partial charge >= 0.3 is 5.97 Å². The highest BCUT2D eigenvalue weighted by atomic mass is 16.7. The minimum absolute atomic E-state index is 0.0617. The number of hydrogen-bond donors (Lipinski definition) is 11. The van der Waals surface area contributed by atoms with Gasteiger partial charge in [-0.3, -0.25) is 4.79 Å². The maximum Gasteiger partial charge on any atom is 0.315 e. The Balaban J connectivity index is 1.16. The fourth-order valence-electron chi connectivity index (χ4n) is 14.0. The van der Waals surface area contributed by atoms with Crippen LogP contribution >= 0.6 is 0 Å². The van der Waals surface area contributed by atoms with Crippen LogP contribution in [0.5, 0.6) is 0 Å². The zero-order valence-corrected chi connectivity index (χ0v) is 35.7. The second-order valence-corrected chi connectivity index (χ2v) is 20.9. The Morgan fingerprint density at radius 3 is 1.98 bits per heavy atom. The van der Waals surface area contributed by atoms with Gasteiger partial charge in [-0.2, -0.15) is 0 Å². The van der Waals surface area contributed by atoms with Gasteiger partial charge < -0.3 is 79.9 Å². The van der Waals surface area contributed by atoms with Crippen molar-refractivity contribution >= 4 is 5.97 Å². The molecule has 0 aromatic rings. The lowest BCUT2D eigenvalue weighted by Crippen LogP contribution is -2.71. The number of fused-ring (bicyclic) bond motifs is 7. The van der Waals surface area contributed by atoms with Crippen molar-refractivity contribution in [1.82, 2.24) is 0 Å². The van der Waals surface area contributed by atoms with Crippen LogP contribution in [0.3, 0.4) is 0 Å². The minimum Gasteiger partial charge on any atom is -0.468 e. The lowest BCUT2D eigenvalue weighted by atomic mass is 9.33. The van der Waals surface area contributed by atoms with Gasteiger partial charge in [-0.15, -0.1) is 0 Å². The summed E-state index contributed by atoms with van der Waals surface area (Å²) in [4.78, 5) is 13.7. The van der Waals surface area contributed by atoms with E-state index in [0.717, 1.165) is 12.8 Å². The molecule has 17 heteroatoms. The van der Waals surface area contributed by atoms with Gasteiger partial charge in [0.15, 0.2) is 12.6 Å². The van der Waals surface area contributed by atoms with E-state index in [0.29, 0.717) is 32.1 Å². The second kappa shape index (κ2) is 16.2. The van der Waals surface area contributed by atoms with Gasteiger partial charge in [0, 0.05) is 5.41 Å². The Bertz CT molecular complexity index is 1600. The van der Waals surface area contributed by atoms with Gasteiger partial charge in [0.1, 0.15) is 54.2 Å². The Morgan fingerprint density at radius 1 is 0.750 bits per heavy atom. The molecule has 0 amide bonds. The predicted octanol–water partition coefficient (Wildman–Crippen LogP) is -1.14. The molecule has 2 heterocycles. The highest BCUT2D eigenvalue weighted by Gasteiger charge is 2.73. The van der Waals surface area contributed by atoms with Crippen LogP contribution in [-0.2, 0) is 28.5 Å². The number of esters is 1. The van der Waals surface area contributed by atoms with Crippen LogP contribution in [0.25, 0.3) is 0 Å². The molecule has 11 N–H and O–H groups in total. The zero-order chi connectivity index (χ0) is 44.1. The number of carbonyl (C=O) groups excluding carboxylic acids is 1. The van der Waals surface area contributed by atoms with E-state index in [-0.39, 0.29) is 29.6 Å². The first kappa shape index (κ1) is 46.6. The fraction of sp³-hybridized carbons (Fsp3) is 0.930. The summed E-state index contributed by atoms with van der Waals surface area (Å²) in [5, 5.41) is 120. The zero-order valence-electron chi connectivity index (χ0n) is 35.7. The third kappa shape index (κ3) is 6.70. The molecule has 0 unspecified atom stereocenters. The number of methoxy groups -OCH3 is 1. The third-order valence-electron chi connectivity index (χ3n) is 17.6. The van der Waals surface area contributed by atoms with Gasteiger partial charge in [0.05, 0.1) is 51.8 Å². The largest absolute Gasteiger partial charge is 0.468 e. The molecule has 2 saturated heterocycles. The van der Waals surface area contributed by atoms with Crippen molar-refractivity contribution in [2.45, 2.75) is 166 Å². The average Bonchev–Trinajstić information content (AvgIpc) is 3.20. The summed E-state index contributed by atoms with van der Waals surface area (Å²) < 4.78 is 28.6. The SMILES string of the molecule is COC(=O)[C@]12CCC(C)(C)C[C@H]1C1=CC[C@@H]3[C@@]4(C)C[C@H](O)[C@H](O[C@@H]5O[C@H](CO[C@@H]6O[C@H](CO)[C@@H](O)[C@@H](O)[C@H]6O)[C@@H](O)[C@@H](O)[C@H]5O)C(CO)(CO)[C@H]4CC[C@@]3(C)[C@]1(C)C[C@@H]2O. The van der Waals surface area contributed by atoms with Gasteiger partial charge in [-0.05, 0) is 90.8 Å². The first-order chi connectivity index (χ1) is 28.1. The number of allylic oxidation sites excluding steroid dienone is 2. The molecule has 0 aromatic heterocycles. The normalized spacial score (nSPS) is 52.2. The number of ether oxygens (including phenoxy) is 5. The molecule has 0 aromatic carbocycles. The van der Waals surface area contributed by atoms with Crippen LogP contribution in [0.4, 0.5) is 0 Å². The molecule has 7 aliphatic rings. The molecule has 344 valence electrons. The van der Waals surface area contributed by atoms with Crippen LogP contribution in [-0.4, -0.2) is 175 Å². The quantitative estimate of drug-likeness (QED) is 0.0742. The number of aliphatic hydroxyl groups excluding tert-OH is 11. The summed E-state index contributed by atoms with van der Waals surface area (Å²) in [6.45, 7) is 8.44. The summed E-state index contributed by atoms with van der Waals surface area (Å²) in [5.41, 5.74) is -3.09. The van der Waals surface area contributed by atoms with Crippen molar-refractivity contribution < 1.29 is 84.7 Å². The van der Waals surface area contributed by atoms with E-state index in [4.69, 9.17) is 23.7 Å². The van der Waals surface area contributed by atoms with E-state index in [9.17, 15) is 61.0 Å². The van der Waals surface area contributed by atoms with Crippen molar-refractivity contribution in [2.24, 2.45) is 50.2 Å². The van der Waals surface area contributed by atoms with Crippen molar-refractivity contribution in [3.63, 3.8) is 0 Å². The van der Waals surface area contributed by atoms with E-state index in [2.05, 4.69) is 40.7 Å². The Morgan fingerprint density at radius 2 is 1.37 bits per heavy atom. The van der Waals surface area contributed by atoms with E-state index in [1.54, 1.807) is 0 Å². The predicted molar refractivity (Wildman–Crippen MR) is 208 cm³/mol. The second-order valence-electron chi connectivity index (χ2n) is 20.9. The summed E-state index contributed by atoms with van der Waals surface area (Å²) >= 11 is 0. The Labute approximate surface area is 351 Å². The van der Waals surface area contributed by atoms with Crippen LogP contribution in [0, 0.1) is 50.2 Å². The maximum atomic E-state index is 13.7. The molecule has 0 spiro atoms. The molecule has 60 heavy (non-hydrogen) atoms. The van der Waals surface area contributed by atoms with Crippen LogP contribution in [0.15, 0.2) is 11.6 Å². The number of aliphatic hydroxyl groups is 11. The number of carbonyl (C=O) groups is 1. The highest BCUT2D eigenvalue weighted by molar-refractivity contribution is 5.79. The topological polar surface area (TPSA) is 286 Å². The molecular formula is C43H70O17. The van der Waals surface area contributed by atoms with Gasteiger partial charge in [-0.25, -0.2) is 0 Å². The summed E-state index contributed by atoms with van der Waals surface area (Å²) in [5.74, 6) is -1.13. The van der Waals surface area contributed by atoms with Crippen LogP contribution in [0.2, 0.25) is 0 Å². The van der Waals surface area contributed by atoms with Crippen molar-refractivity contribution in [2.75, 3.05) is 33.5 Å². The Hall–Kier alpha value is -1.39. The molecule has 5 aliphatic carbocycles. The Kier molecular flexibility index (Phi) is 12.6. The van der Waals surface area contributed by atoms with Crippen molar-refractivity contribution in [3.8, 4) is 0 Å². The molecular weight excluding hydrogens is 788 g/mol. The molecule has 4 saturated carbocycles. The maximum absolute atomic E-state index is 13.7. The monoisotopic (exact) mass is 858 g/mol. The minimum atomic E-state index is -1.85. The fourth-order valence-corrected chi connectivity index (χ4v) is 14.0. The van der Waals surface area contributed by atoms with Gasteiger partial charge in [0.25, 0.3) is 0 Å². The molecule has 6 fully saturated rings. The van der Waals surface area contributed by atoms with Gasteiger partial charge in [0.2, 0.25) is 0 Å². The lowest BCUT2D eigenvalue weighted by Gasteiger charge is -2.72. The summed E-state index contributed by atoms with van der Waals surface area (Å²) in [6.07, 6.45) is -13.6. The van der Waals surface area contributed by atoms with Crippen LogP contribution < -0.4 is 0 Å². The van der Waals surface area contributed by atoms with E-state index < -0.39 is 139 Å². The number of hydrogen-bond acceptors (Lipinski definition) is 17. The smallest absolute Gasteiger partial charge is 0.315 e. The molecule has 7 rings (SSSR count). The molecule has 0 bridgehead atoms. The molecule has 2 aliphatic heterocycles. The average molecular weight is 859 g/mol. The van der Waals surface area contributed by atoms with Crippen LogP contribution in [0.1, 0.15) is 86.0 Å².